The van der Waals surface area contributed by atoms with E-state index in [4.69, 9.17) is 14.2 Å². The quantitative estimate of drug-likeness (QED) is 0.742. The molecule has 1 aromatic rings. The first-order valence-electron chi connectivity index (χ1n) is 5.76. The molecule has 1 aromatic carbocycles. The van der Waals surface area contributed by atoms with Crippen molar-refractivity contribution in [3.63, 3.8) is 0 Å². The van der Waals surface area contributed by atoms with Gasteiger partial charge in [0.25, 0.3) is 0 Å². The van der Waals surface area contributed by atoms with Crippen molar-refractivity contribution in [1.82, 2.24) is 0 Å². The summed E-state index contributed by atoms with van der Waals surface area (Å²) in [5.41, 5.74) is 1.01. The zero-order valence-electron chi connectivity index (χ0n) is 10.9. The van der Waals surface area contributed by atoms with Gasteiger partial charge in [0.15, 0.2) is 6.29 Å². The molecule has 0 heterocycles. The first kappa shape index (κ1) is 13.8. The van der Waals surface area contributed by atoms with Crippen molar-refractivity contribution in [2.45, 2.75) is 26.2 Å². The third kappa shape index (κ3) is 4.24. The monoisotopic (exact) mass is 239 g/mol. The van der Waals surface area contributed by atoms with E-state index in [1.807, 2.05) is 38.1 Å². The molecule has 1 atom stereocenters. The Balaban J connectivity index is 2.56. The number of ether oxygens (including phenoxy) is 3. The lowest BCUT2D eigenvalue weighted by molar-refractivity contribution is -0.109. The smallest absolute Gasteiger partial charge is 0.176 e. The fourth-order valence-electron chi connectivity index (χ4n) is 1.65. The molecule has 1 rings (SSSR count). The topological polar surface area (TPSA) is 39.7 Å². The standard InChI is InChI=1S/C13H21NO3/c1-5-17-12-8-6-11(7-9-12)14-10(2)13(15-3)16-4/h6-10,13-14H,5H2,1-4H3. The molecule has 0 saturated heterocycles. The molecule has 4 heteroatoms. The highest BCUT2D eigenvalue weighted by molar-refractivity contribution is 5.47. The van der Waals surface area contributed by atoms with Gasteiger partial charge in [-0.2, -0.15) is 0 Å². The summed E-state index contributed by atoms with van der Waals surface area (Å²) in [5.74, 6) is 0.876. The number of hydrogen-bond acceptors (Lipinski definition) is 4. The Labute approximate surface area is 103 Å². The van der Waals surface area contributed by atoms with E-state index in [-0.39, 0.29) is 12.3 Å². The van der Waals surface area contributed by atoms with Gasteiger partial charge >= 0.3 is 0 Å². The molecule has 0 spiro atoms. The van der Waals surface area contributed by atoms with Crippen molar-refractivity contribution < 1.29 is 14.2 Å². The van der Waals surface area contributed by atoms with E-state index in [2.05, 4.69) is 5.32 Å². The van der Waals surface area contributed by atoms with Gasteiger partial charge in [-0.25, -0.2) is 0 Å². The lowest BCUT2D eigenvalue weighted by Crippen LogP contribution is -2.33. The van der Waals surface area contributed by atoms with Crippen LogP contribution in [0.15, 0.2) is 24.3 Å². The van der Waals surface area contributed by atoms with Crippen molar-refractivity contribution in [3.05, 3.63) is 24.3 Å². The van der Waals surface area contributed by atoms with Gasteiger partial charge in [0, 0.05) is 19.9 Å². The number of anilines is 1. The number of rotatable bonds is 7. The lowest BCUT2D eigenvalue weighted by atomic mass is 10.2. The summed E-state index contributed by atoms with van der Waals surface area (Å²) in [6, 6.07) is 7.90. The van der Waals surface area contributed by atoms with Gasteiger partial charge in [-0.3, -0.25) is 0 Å². The Morgan fingerprint density at radius 1 is 1.12 bits per heavy atom. The zero-order chi connectivity index (χ0) is 12.7. The Hall–Kier alpha value is -1.26. The van der Waals surface area contributed by atoms with Crippen molar-refractivity contribution in [2.75, 3.05) is 26.1 Å². The van der Waals surface area contributed by atoms with Crippen LogP contribution in [-0.2, 0) is 9.47 Å². The highest BCUT2D eigenvalue weighted by Crippen LogP contribution is 2.17. The molecule has 17 heavy (non-hydrogen) atoms. The van der Waals surface area contributed by atoms with E-state index >= 15 is 0 Å². The van der Waals surface area contributed by atoms with Gasteiger partial charge in [-0.1, -0.05) is 0 Å². The molecule has 0 radical (unpaired) electrons. The predicted octanol–water partition coefficient (Wildman–Crippen LogP) is 2.50. The summed E-state index contributed by atoms with van der Waals surface area (Å²) in [6.45, 7) is 4.66. The zero-order valence-corrected chi connectivity index (χ0v) is 10.9. The van der Waals surface area contributed by atoms with Crippen LogP contribution in [0.2, 0.25) is 0 Å². The van der Waals surface area contributed by atoms with Crippen molar-refractivity contribution in [3.8, 4) is 5.75 Å². The highest BCUT2D eigenvalue weighted by Gasteiger charge is 2.15. The van der Waals surface area contributed by atoms with Crippen LogP contribution in [0, 0.1) is 0 Å². The van der Waals surface area contributed by atoms with Gasteiger partial charge in [-0.05, 0) is 38.1 Å². The third-order valence-electron chi connectivity index (χ3n) is 2.43. The summed E-state index contributed by atoms with van der Waals surface area (Å²) in [7, 11) is 3.26. The van der Waals surface area contributed by atoms with E-state index in [0.29, 0.717) is 6.61 Å². The molecule has 0 aliphatic rings. The summed E-state index contributed by atoms with van der Waals surface area (Å²) in [4.78, 5) is 0. The lowest BCUT2D eigenvalue weighted by Gasteiger charge is -2.23. The fraction of sp³-hybridized carbons (Fsp3) is 0.538. The number of hydrogen-bond donors (Lipinski definition) is 1. The van der Waals surface area contributed by atoms with Crippen LogP contribution in [0.4, 0.5) is 5.69 Å². The summed E-state index contributed by atoms with van der Waals surface area (Å²) in [6.07, 6.45) is -0.262. The van der Waals surface area contributed by atoms with Crippen molar-refractivity contribution in [2.24, 2.45) is 0 Å². The molecule has 0 amide bonds. The van der Waals surface area contributed by atoms with Crippen LogP contribution < -0.4 is 10.1 Å². The SMILES string of the molecule is CCOc1ccc(NC(C)C(OC)OC)cc1. The maximum Gasteiger partial charge on any atom is 0.176 e. The molecule has 0 fully saturated rings. The summed E-state index contributed by atoms with van der Waals surface area (Å²) >= 11 is 0. The highest BCUT2D eigenvalue weighted by atomic mass is 16.7. The molecule has 0 bridgehead atoms. The van der Waals surface area contributed by atoms with Gasteiger partial charge in [0.05, 0.1) is 12.6 Å². The molecular weight excluding hydrogens is 218 g/mol. The van der Waals surface area contributed by atoms with Crippen LogP contribution >= 0.6 is 0 Å². The maximum absolute atomic E-state index is 5.38. The molecule has 0 aromatic heterocycles. The molecule has 96 valence electrons. The number of benzene rings is 1. The largest absolute Gasteiger partial charge is 0.494 e. The van der Waals surface area contributed by atoms with Crippen LogP contribution in [-0.4, -0.2) is 33.2 Å². The van der Waals surface area contributed by atoms with Crippen LogP contribution in [0.3, 0.4) is 0 Å². The maximum atomic E-state index is 5.38. The van der Waals surface area contributed by atoms with E-state index in [0.717, 1.165) is 11.4 Å². The van der Waals surface area contributed by atoms with Gasteiger partial charge in [-0.15, -0.1) is 0 Å². The second-order valence-electron chi connectivity index (χ2n) is 3.73. The second kappa shape index (κ2) is 7.14. The van der Waals surface area contributed by atoms with Crippen LogP contribution in [0.5, 0.6) is 5.75 Å². The number of nitrogens with one attached hydrogen (secondary N) is 1. The minimum absolute atomic E-state index is 0.0722. The molecule has 1 N–H and O–H groups in total. The first-order chi connectivity index (χ1) is 8.21. The van der Waals surface area contributed by atoms with Gasteiger partial charge in [0.2, 0.25) is 0 Å². The van der Waals surface area contributed by atoms with Crippen LogP contribution in [0.1, 0.15) is 13.8 Å². The third-order valence-corrected chi connectivity index (χ3v) is 2.43. The Morgan fingerprint density at radius 2 is 1.71 bits per heavy atom. The van der Waals surface area contributed by atoms with E-state index < -0.39 is 0 Å². The molecule has 4 nitrogen and oxygen atoms in total. The van der Waals surface area contributed by atoms with Gasteiger partial charge in [0.1, 0.15) is 5.75 Å². The van der Waals surface area contributed by atoms with E-state index in [9.17, 15) is 0 Å². The van der Waals surface area contributed by atoms with Gasteiger partial charge < -0.3 is 19.5 Å². The molecule has 0 aliphatic heterocycles. The molecule has 0 aliphatic carbocycles. The number of methoxy groups -OCH3 is 2. The van der Waals surface area contributed by atoms with E-state index in [1.165, 1.54) is 0 Å². The van der Waals surface area contributed by atoms with Crippen molar-refractivity contribution >= 4 is 5.69 Å². The molecule has 1 unspecified atom stereocenters. The molecule has 0 saturated carbocycles. The van der Waals surface area contributed by atoms with Crippen LogP contribution in [0.25, 0.3) is 0 Å². The minimum Gasteiger partial charge on any atom is -0.494 e. The average Bonchev–Trinajstić information content (AvgIpc) is 2.33. The summed E-state index contributed by atoms with van der Waals surface area (Å²) in [5, 5.41) is 3.31. The fourth-order valence-corrected chi connectivity index (χ4v) is 1.65. The minimum atomic E-state index is -0.262. The average molecular weight is 239 g/mol. The predicted molar refractivity (Wildman–Crippen MR) is 68.5 cm³/mol. The van der Waals surface area contributed by atoms with Crippen molar-refractivity contribution in [1.29, 1.82) is 0 Å². The summed E-state index contributed by atoms with van der Waals surface area (Å²) < 4.78 is 15.8. The van der Waals surface area contributed by atoms with E-state index in [1.54, 1.807) is 14.2 Å². The Morgan fingerprint density at radius 3 is 2.18 bits per heavy atom. The molecular formula is C13H21NO3. The second-order valence-corrected chi connectivity index (χ2v) is 3.73. The Bertz CT molecular complexity index is 309. The Kier molecular flexibility index (Phi) is 5.80. The first-order valence-corrected chi connectivity index (χ1v) is 5.76. The normalized spacial score (nSPS) is 12.5.